The molecule has 0 aliphatic heterocycles. The van der Waals surface area contributed by atoms with E-state index in [1.165, 1.54) is 11.4 Å². The molecule has 82 valence electrons. The number of anilines is 1. The minimum absolute atomic E-state index is 0.726. The van der Waals surface area contributed by atoms with Crippen LogP contribution in [0.2, 0.25) is 0 Å². The average molecular weight is 203 g/mol. The summed E-state index contributed by atoms with van der Waals surface area (Å²) in [6.45, 7) is 6.67. The van der Waals surface area contributed by atoms with E-state index in [1.54, 1.807) is 0 Å². The summed E-state index contributed by atoms with van der Waals surface area (Å²) in [5, 5.41) is 3.45. The van der Waals surface area contributed by atoms with Gasteiger partial charge in [-0.2, -0.15) is 0 Å². The molecule has 0 aromatic heterocycles. The SMILES string of the molecule is CC/C(=C\CC(C)C)Nc1ccccc1. The fourth-order valence-electron chi connectivity index (χ4n) is 1.37. The average Bonchev–Trinajstić information content (AvgIpc) is 2.25. The molecule has 1 N–H and O–H groups in total. The van der Waals surface area contributed by atoms with Crippen molar-refractivity contribution in [2.24, 2.45) is 5.92 Å². The van der Waals surface area contributed by atoms with E-state index in [-0.39, 0.29) is 0 Å². The van der Waals surface area contributed by atoms with Crippen LogP contribution >= 0.6 is 0 Å². The second-order valence-corrected chi connectivity index (χ2v) is 4.20. The van der Waals surface area contributed by atoms with Crippen LogP contribution in [0.4, 0.5) is 5.69 Å². The highest BCUT2D eigenvalue weighted by Crippen LogP contribution is 2.13. The number of benzene rings is 1. The zero-order chi connectivity index (χ0) is 11.1. The third-order valence-electron chi connectivity index (χ3n) is 2.30. The highest BCUT2D eigenvalue weighted by atomic mass is 14.9. The quantitative estimate of drug-likeness (QED) is 0.746. The van der Waals surface area contributed by atoms with Gasteiger partial charge in [-0.15, -0.1) is 0 Å². The molecule has 0 aliphatic carbocycles. The molecule has 0 spiro atoms. The van der Waals surface area contributed by atoms with Gasteiger partial charge < -0.3 is 5.32 Å². The molecule has 0 fully saturated rings. The molecular weight excluding hydrogens is 182 g/mol. The van der Waals surface area contributed by atoms with Crippen molar-refractivity contribution >= 4 is 5.69 Å². The highest BCUT2D eigenvalue weighted by molar-refractivity contribution is 5.47. The van der Waals surface area contributed by atoms with Crippen LogP contribution in [-0.4, -0.2) is 0 Å². The van der Waals surface area contributed by atoms with E-state index in [0.29, 0.717) is 0 Å². The van der Waals surface area contributed by atoms with Gasteiger partial charge >= 0.3 is 0 Å². The van der Waals surface area contributed by atoms with Gasteiger partial charge in [0.15, 0.2) is 0 Å². The summed E-state index contributed by atoms with van der Waals surface area (Å²) in [6.07, 6.45) is 4.50. The topological polar surface area (TPSA) is 12.0 Å². The maximum Gasteiger partial charge on any atom is 0.0381 e. The molecule has 15 heavy (non-hydrogen) atoms. The second kappa shape index (κ2) is 6.28. The van der Waals surface area contributed by atoms with E-state index in [0.717, 1.165) is 18.8 Å². The predicted molar refractivity (Wildman–Crippen MR) is 67.9 cm³/mol. The second-order valence-electron chi connectivity index (χ2n) is 4.20. The standard InChI is InChI=1S/C14H21N/c1-4-13(11-10-12(2)3)15-14-8-6-5-7-9-14/h5-9,11-12,15H,4,10H2,1-3H3/b13-11+. The Morgan fingerprint density at radius 1 is 1.27 bits per heavy atom. The fraction of sp³-hybridized carbons (Fsp3) is 0.429. The molecule has 0 radical (unpaired) electrons. The third-order valence-corrected chi connectivity index (χ3v) is 2.30. The van der Waals surface area contributed by atoms with Crippen molar-refractivity contribution in [1.29, 1.82) is 0 Å². The van der Waals surface area contributed by atoms with Gasteiger partial charge in [0.1, 0.15) is 0 Å². The molecule has 0 saturated carbocycles. The molecule has 1 aromatic rings. The Bertz CT molecular complexity index is 298. The van der Waals surface area contributed by atoms with Crippen molar-refractivity contribution in [3.05, 3.63) is 42.1 Å². The lowest BCUT2D eigenvalue weighted by molar-refractivity contribution is 0.660. The van der Waals surface area contributed by atoms with Crippen LogP contribution in [0.25, 0.3) is 0 Å². The van der Waals surface area contributed by atoms with Crippen LogP contribution in [0.3, 0.4) is 0 Å². The number of para-hydroxylation sites is 1. The fourth-order valence-corrected chi connectivity index (χ4v) is 1.37. The smallest absolute Gasteiger partial charge is 0.0381 e. The molecule has 1 heteroatoms. The first-order valence-corrected chi connectivity index (χ1v) is 5.73. The minimum atomic E-state index is 0.726. The molecule has 0 aliphatic rings. The summed E-state index contributed by atoms with van der Waals surface area (Å²) < 4.78 is 0. The van der Waals surface area contributed by atoms with Gasteiger partial charge in [-0.1, -0.05) is 45.0 Å². The molecule has 0 saturated heterocycles. The maximum absolute atomic E-state index is 3.45. The van der Waals surface area contributed by atoms with Crippen LogP contribution < -0.4 is 5.32 Å². The first kappa shape index (κ1) is 11.8. The summed E-state index contributed by atoms with van der Waals surface area (Å²) in [7, 11) is 0. The normalized spacial score (nSPS) is 11.9. The molecule has 0 amide bonds. The van der Waals surface area contributed by atoms with Gasteiger partial charge in [-0.25, -0.2) is 0 Å². The molecule has 1 aromatic carbocycles. The maximum atomic E-state index is 3.45. The molecule has 0 heterocycles. The predicted octanol–water partition coefficient (Wildman–Crippen LogP) is 4.44. The van der Waals surface area contributed by atoms with E-state index in [4.69, 9.17) is 0 Å². The summed E-state index contributed by atoms with van der Waals surface area (Å²) in [5.74, 6) is 0.726. The van der Waals surface area contributed by atoms with E-state index < -0.39 is 0 Å². The molecule has 0 atom stereocenters. The summed E-state index contributed by atoms with van der Waals surface area (Å²) in [5.41, 5.74) is 2.49. The van der Waals surface area contributed by atoms with Crippen molar-refractivity contribution < 1.29 is 0 Å². The minimum Gasteiger partial charge on any atom is -0.359 e. The van der Waals surface area contributed by atoms with E-state index in [9.17, 15) is 0 Å². The van der Waals surface area contributed by atoms with Crippen LogP contribution in [0.5, 0.6) is 0 Å². The number of nitrogens with one attached hydrogen (secondary N) is 1. The van der Waals surface area contributed by atoms with Crippen molar-refractivity contribution in [2.45, 2.75) is 33.6 Å². The van der Waals surface area contributed by atoms with Crippen molar-refractivity contribution in [2.75, 3.05) is 5.32 Å². The van der Waals surface area contributed by atoms with Crippen LogP contribution in [0.1, 0.15) is 33.6 Å². The lowest BCUT2D eigenvalue weighted by Gasteiger charge is -2.09. The van der Waals surface area contributed by atoms with Gasteiger partial charge in [0.2, 0.25) is 0 Å². The van der Waals surface area contributed by atoms with Crippen molar-refractivity contribution in [3.63, 3.8) is 0 Å². The Hall–Kier alpha value is -1.24. The van der Waals surface area contributed by atoms with Crippen molar-refractivity contribution in [1.82, 2.24) is 0 Å². The van der Waals surface area contributed by atoms with Crippen LogP contribution in [-0.2, 0) is 0 Å². The lowest BCUT2D eigenvalue weighted by Crippen LogP contribution is -1.99. The van der Waals surface area contributed by atoms with Gasteiger partial charge in [0, 0.05) is 11.4 Å². The van der Waals surface area contributed by atoms with Gasteiger partial charge in [0.25, 0.3) is 0 Å². The lowest BCUT2D eigenvalue weighted by atomic mass is 10.1. The number of allylic oxidation sites excluding steroid dienone is 2. The molecule has 0 unspecified atom stereocenters. The Balaban J connectivity index is 2.58. The van der Waals surface area contributed by atoms with E-state index >= 15 is 0 Å². The first-order chi connectivity index (χ1) is 7.22. The summed E-state index contributed by atoms with van der Waals surface area (Å²) in [4.78, 5) is 0. The molecule has 0 bridgehead atoms. The first-order valence-electron chi connectivity index (χ1n) is 5.73. The number of hydrogen-bond acceptors (Lipinski definition) is 1. The molecule has 1 nitrogen and oxygen atoms in total. The van der Waals surface area contributed by atoms with Gasteiger partial charge in [-0.3, -0.25) is 0 Å². The Labute approximate surface area is 93.2 Å². The Morgan fingerprint density at radius 2 is 1.93 bits per heavy atom. The van der Waals surface area contributed by atoms with E-state index in [1.807, 2.05) is 6.07 Å². The van der Waals surface area contributed by atoms with Crippen LogP contribution in [0.15, 0.2) is 42.1 Å². The number of rotatable bonds is 5. The largest absolute Gasteiger partial charge is 0.359 e. The molecule has 1 rings (SSSR count). The Morgan fingerprint density at radius 3 is 2.47 bits per heavy atom. The van der Waals surface area contributed by atoms with Crippen LogP contribution in [0, 0.1) is 5.92 Å². The zero-order valence-corrected chi connectivity index (χ0v) is 9.96. The summed E-state index contributed by atoms with van der Waals surface area (Å²) >= 11 is 0. The van der Waals surface area contributed by atoms with E-state index in [2.05, 4.69) is 56.4 Å². The Kier molecular flexibility index (Phi) is 4.96. The van der Waals surface area contributed by atoms with Gasteiger partial charge in [-0.05, 0) is 30.9 Å². The zero-order valence-electron chi connectivity index (χ0n) is 9.96. The number of hydrogen-bond donors (Lipinski definition) is 1. The van der Waals surface area contributed by atoms with Gasteiger partial charge in [0.05, 0.1) is 0 Å². The van der Waals surface area contributed by atoms with Crippen molar-refractivity contribution in [3.8, 4) is 0 Å². The monoisotopic (exact) mass is 203 g/mol. The molecular formula is C14H21N. The summed E-state index contributed by atoms with van der Waals surface area (Å²) in [6, 6.07) is 10.3. The highest BCUT2D eigenvalue weighted by Gasteiger charge is 1.96. The third kappa shape index (κ3) is 4.68.